The minimum atomic E-state index is -4.61. The molecule has 0 fully saturated rings. The molecule has 2 aromatic rings. The van der Waals surface area contributed by atoms with Crippen molar-refractivity contribution >= 4 is 15.9 Å². The second-order valence-corrected chi connectivity index (χ2v) is 13.9. The monoisotopic (exact) mass is 645 g/mol. The number of nitrogens with zero attached hydrogens (tertiary/aromatic N) is 3. The van der Waals surface area contributed by atoms with Crippen molar-refractivity contribution in [2.24, 2.45) is 5.92 Å². The Bertz CT molecular complexity index is 1360. The lowest BCUT2D eigenvalue weighted by Gasteiger charge is -2.37. The first-order valence-electron chi connectivity index (χ1n) is 14.7. The molecule has 0 N–H and O–H groups in total. The molecule has 13 heteroatoms. The van der Waals surface area contributed by atoms with Crippen LogP contribution < -0.4 is 4.74 Å². The van der Waals surface area contributed by atoms with Crippen LogP contribution in [0.4, 0.5) is 17.6 Å². The van der Waals surface area contributed by atoms with Gasteiger partial charge in [-0.2, -0.15) is 17.5 Å². The summed E-state index contributed by atoms with van der Waals surface area (Å²) in [5.41, 5.74) is -0.884. The Balaban J connectivity index is 2.00. The number of rotatable bonds is 7. The molecule has 246 valence electrons. The van der Waals surface area contributed by atoms with Crippen molar-refractivity contribution in [2.75, 3.05) is 47.4 Å². The second kappa shape index (κ2) is 15.0. The molecule has 3 rings (SSSR count). The van der Waals surface area contributed by atoms with Crippen molar-refractivity contribution in [3.8, 4) is 5.75 Å². The van der Waals surface area contributed by atoms with E-state index in [2.05, 4.69) is 0 Å². The summed E-state index contributed by atoms with van der Waals surface area (Å²) < 4.78 is 94.2. The summed E-state index contributed by atoms with van der Waals surface area (Å²) in [6.07, 6.45) is -3.95. The number of carbonyl (C=O) groups excluding carboxylic acids is 1. The summed E-state index contributed by atoms with van der Waals surface area (Å²) >= 11 is 0. The fourth-order valence-corrected chi connectivity index (χ4v) is 6.41. The standard InChI is InChI=1S/C31H43F4N3O5S/c1-21-18-38(22(2)19-36(4)5)30(39)27-15-10-24(31(33,34)35)17-28(27)43-23(3)9-7-8-16-42-29(21)20-37(6)44(40,41)26-13-11-25(32)12-14-26/h10-15,17,21-23,29H,7-9,16,18-20H2,1-6H3/t21-,22?,23+,29-/m0/s1. The molecule has 0 saturated heterocycles. The molecule has 1 aliphatic heterocycles. The first kappa shape index (κ1) is 35.7. The Morgan fingerprint density at radius 3 is 2.32 bits per heavy atom. The third kappa shape index (κ3) is 9.38. The highest BCUT2D eigenvalue weighted by Crippen LogP contribution is 2.35. The van der Waals surface area contributed by atoms with Gasteiger partial charge in [0.15, 0.2) is 0 Å². The number of carbonyl (C=O) groups is 1. The third-order valence-corrected chi connectivity index (χ3v) is 9.54. The highest BCUT2D eigenvalue weighted by atomic mass is 32.2. The molecular weight excluding hydrogens is 602 g/mol. The van der Waals surface area contributed by atoms with Crippen LogP contribution in [-0.2, 0) is 20.9 Å². The zero-order valence-corrected chi connectivity index (χ0v) is 26.9. The molecule has 0 spiro atoms. The zero-order valence-electron chi connectivity index (χ0n) is 26.1. The van der Waals surface area contributed by atoms with Gasteiger partial charge in [-0.15, -0.1) is 0 Å². The minimum Gasteiger partial charge on any atom is -0.490 e. The van der Waals surface area contributed by atoms with Gasteiger partial charge < -0.3 is 19.3 Å². The van der Waals surface area contributed by atoms with Gasteiger partial charge in [-0.25, -0.2) is 12.8 Å². The fourth-order valence-electron chi connectivity index (χ4n) is 5.22. The summed E-state index contributed by atoms with van der Waals surface area (Å²) in [6.45, 7) is 6.33. The van der Waals surface area contributed by atoms with Crippen LogP contribution in [0.5, 0.6) is 5.75 Å². The lowest BCUT2D eigenvalue weighted by molar-refractivity contribution is -0.137. The lowest BCUT2D eigenvalue weighted by Crippen LogP contribution is -2.49. The molecule has 2 aromatic carbocycles. The van der Waals surface area contributed by atoms with Crippen molar-refractivity contribution in [3.05, 3.63) is 59.4 Å². The topological polar surface area (TPSA) is 79.4 Å². The number of ether oxygens (including phenoxy) is 2. The number of sulfonamides is 1. The van der Waals surface area contributed by atoms with E-state index in [9.17, 15) is 30.8 Å². The first-order valence-corrected chi connectivity index (χ1v) is 16.1. The van der Waals surface area contributed by atoms with E-state index in [1.807, 2.05) is 32.8 Å². The van der Waals surface area contributed by atoms with Crippen molar-refractivity contribution in [2.45, 2.75) is 69.4 Å². The Labute approximate surface area is 258 Å². The Morgan fingerprint density at radius 2 is 1.70 bits per heavy atom. The van der Waals surface area contributed by atoms with E-state index < -0.39 is 45.7 Å². The highest BCUT2D eigenvalue weighted by molar-refractivity contribution is 7.89. The molecule has 8 nitrogen and oxygen atoms in total. The molecule has 0 aliphatic carbocycles. The molecule has 0 radical (unpaired) electrons. The number of amides is 1. The number of hydrogen-bond acceptors (Lipinski definition) is 6. The molecule has 1 unspecified atom stereocenters. The van der Waals surface area contributed by atoms with E-state index in [-0.39, 0.29) is 41.3 Å². The summed E-state index contributed by atoms with van der Waals surface area (Å²) in [6, 6.07) is 7.13. The van der Waals surface area contributed by atoms with E-state index in [0.717, 1.165) is 34.6 Å². The quantitative estimate of drug-likeness (QED) is 0.369. The van der Waals surface area contributed by atoms with Crippen LogP contribution in [-0.4, -0.2) is 94.1 Å². The van der Waals surface area contributed by atoms with E-state index >= 15 is 0 Å². The van der Waals surface area contributed by atoms with Crippen LogP contribution in [0.1, 0.15) is 56.0 Å². The minimum absolute atomic E-state index is 0.0215. The number of halogens is 4. The van der Waals surface area contributed by atoms with Gasteiger partial charge in [0.1, 0.15) is 11.6 Å². The SMILES string of the molecule is CC(CN(C)C)N1C[C@H](C)[C@H](CN(C)S(=O)(=O)c2ccc(F)cc2)OCCCC[C@@H](C)Oc2cc(C(F)(F)F)ccc2C1=O. The number of fused-ring (bicyclic) bond motifs is 1. The van der Waals surface area contributed by atoms with Gasteiger partial charge in [0, 0.05) is 45.2 Å². The van der Waals surface area contributed by atoms with Gasteiger partial charge in [-0.1, -0.05) is 6.92 Å². The fraction of sp³-hybridized carbons (Fsp3) is 0.581. The van der Waals surface area contributed by atoms with Crippen molar-refractivity contribution < 1.29 is 40.2 Å². The summed E-state index contributed by atoms with van der Waals surface area (Å²) in [5, 5.41) is 0. The van der Waals surface area contributed by atoms with Crippen LogP contribution >= 0.6 is 0 Å². The average Bonchev–Trinajstić information content (AvgIpc) is 2.93. The van der Waals surface area contributed by atoms with E-state index in [1.165, 1.54) is 19.2 Å². The third-order valence-electron chi connectivity index (χ3n) is 7.70. The van der Waals surface area contributed by atoms with E-state index in [0.29, 0.717) is 32.4 Å². The van der Waals surface area contributed by atoms with Crippen molar-refractivity contribution in [3.63, 3.8) is 0 Å². The van der Waals surface area contributed by atoms with Gasteiger partial charge in [0.05, 0.1) is 28.2 Å². The maximum atomic E-state index is 14.1. The molecule has 0 saturated carbocycles. The zero-order chi connectivity index (χ0) is 32.8. The molecule has 0 bridgehead atoms. The Morgan fingerprint density at radius 1 is 1.05 bits per heavy atom. The first-order chi connectivity index (χ1) is 20.5. The predicted octanol–water partition coefficient (Wildman–Crippen LogP) is 5.53. The normalized spacial score (nSPS) is 22.0. The molecular formula is C31H43F4N3O5S. The van der Waals surface area contributed by atoms with Crippen LogP contribution in [0.2, 0.25) is 0 Å². The van der Waals surface area contributed by atoms with E-state index in [4.69, 9.17) is 9.47 Å². The number of likely N-dealkylation sites (N-methyl/N-ethyl adjacent to an activating group) is 2. The molecule has 44 heavy (non-hydrogen) atoms. The van der Waals surface area contributed by atoms with Crippen LogP contribution in [0, 0.1) is 11.7 Å². The van der Waals surface area contributed by atoms with Gasteiger partial charge in [0.25, 0.3) is 5.91 Å². The summed E-state index contributed by atoms with van der Waals surface area (Å²) in [4.78, 5) is 17.5. The molecule has 1 aliphatic rings. The maximum Gasteiger partial charge on any atom is 0.416 e. The summed E-state index contributed by atoms with van der Waals surface area (Å²) in [5.74, 6) is -1.55. The van der Waals surface area contributed by atoms with Gasteiger partial charge in [-0.3, -0.25) is 4.79 Å². The van der Waals surface area contributed by atoms with Gasteiger partial charge in [0.2, 0.25) is 10.0 Å². The molecule has 1 amide bonds. The largest absolute Gasteiger partial charge is 0.490 e. The molecule has 1 heterocycles. The smallest absolute Gasteiger partial charge is 0.416 e. The average molecular weight is 646 g/mol. The molecule has 4 atom stereocenters. The van der Waals surface area contributed by atoms with E-state index in [1.54, 1.807) is 11.8 Å². The highest BCUT2D eigenvalue weighted by Gasteiger charge is 2.35. The summed E-state index contributed by atoms with van der Waals surface area (Å²) in [7, 11) is 1.16. The Kier molecular flexibility index (Phi) is 12.2. The second-order valence-electron chi connectivity index (χ2n) is 11.8. The van der Waals surface area contributed by atoms with Gasteiger partial charge in [-0.05, 0) is 89.7 Å². The predicted molar refractivity (Wildman–Crippen MR) is 160 cm³/mol. The maximum absolute atomic E-state index is 14.1. The van der Waals surface area contributed by atoms with Crippen LogP contribution in [0.25, 0.3) is 0 Å². The van der Waals surface area contributed by atoms with Crippen molar-refractivity contribution in [1.29, 1.82) is 0 Å². The van der Waals surface area contributed by atoms with Crippen LogP contribution in [0.15, 0.2) is 47.4 Å². The number of alkyl halides is 3. The number of hydrogen-bond donors (Lipinski definition) is 0. The lowest BCUT2D eigenvalue weighted by atomic mass is 10.0. The Hall–Kier alpha value is -2.74. The van der Waals surface area contributed by atoms with Gasteiger partial charge >= 0.3 is 6.18 Å². The van der Waals surface area contributed by atoms with Crippen LogP contribution in [0.3, 0.4) is 0 Å². The number of benzene rings is 2. The molecule has 0 aromatic heterocycles. The van der Waals surface area contributed by atoms with Crippen molar-refractivity contribution in [1.82, 2.24) is 14.1 Å².